The van der Waals surface area contributed by atoms with Gasteiger partial charge in [0.15, 0.2) is 34.8 Å². The lowest BCUT2D eigenvalue weighted by Crippen LogP contribution is -2.25. The molecule has 1 amide bonds. The SMILES string of the molecule is C.CCOC(=O)c1ccc(C2=Nc3ccccc3Oc3c[n+]([O-])ccc32)cc1.CCOC(=O)c1ccc(C2=Nc3ccccc3Oc3cnccc32)cc1.O=NC(=O)c1ccc(-c2[nH]c3ccccc3oc3cn(O)ccc2-3)cc1. The average molecular weight is 1070 g/mol. The van der Waals surface area contributed by atoms with Crippen LogP contribution in [0.4, 0.5) is 11.4 Å². The summed E-state index contributed by atoms with van der Waals surface area (Å²) in [5.74, 6) is 1.27. The van der Waals surface area contributed by atoms with Crippen LogP contribution >= 0.6 is 0 Å². The Kier molecular flexibility index (Phi) is 16.4. The molecule has 0 saturated carbocycles. The van der Waals surface area contributed by atoms with Gasteiger partial charge in [0, 0.05) is 51.5 Å². The van der Waals surface area contributed by atoms with Crippen LogP contribution in [-0.4, -0.2) is 62.4 Å². The smallest absolute Gasteiger partial charge is 0.338 e. The van der Waals surface area contributed by atoms with Gasteiger partial charge in [0.2, 0.25) is 11.9 Å². The van der Waals surface area contributed by atoms with Crippen LogP contribution in [0.2, 0.25) is 0 Å². The van der Waals surface area contributed by atoms with Crippen molar-refractivity contribution < 1.29 is 47.7 Å². The number of para-hydroxylation sites is 6. The zero-order valence-electron chi connectivity index (χ0n) is 42.2. The second-order valence-electron chi connectivity index (χ2n) is 17.3. The van der Waals surface area contributed by atoms with Crippen LogP contribution in [0.25, 0.3) is 33.7 Å². The number of ether oxygens (including phenoxy) is 4. The van der Waals surface area contributed by atoms with Gasteiger partial charge in [-0.3, -0.25) is 9.78 Å². The minimum Gasteiger partial charge on any atom is -0.619 e. The minimum atomic E-state index is -0.814. The summed E-state index contributed by atoms with van der Waals surface area (Å²) in [6, 6.07) is 48.4. The van der Waals surface area contributed by atoms with Gasteiger partial charge < -0.3 is 38.8 Å². The number of nitrogens with one attached hydrogen (secondary N) is 1. The highest BCUT2D eigenvalue weighted by Gasteiger charge is 2.24. The van der Waals surface area contributed by atoms with E-state index in [2.05, 4.69) is 15.1 Å². The fourth-order valence-electron chi connectivity index (χ4n) is 8.45. The molecule has 80 heavy (non-hydrogen) atoms. The Labute approximate surface area is 457 Å². The zero-order chi connectivity index (χ0) is 54.8. The molecule has 2 N–H and O–H groups in total. The topological polar surface area (TPSA) is 236 Å². The summed E-state index contributed by atoms with van der Waals surface area (Å²) in [6.45, 7) is 4.23. The third-order valence-electron chi connectivity index (χ3n) is 12.2. The summed E-state index contributed by atoms with van der Waals surface area (Å²) >= 11 is 0. The van der Waals surface area contributed by atoms with Crippen molar-refractivity contribution in [1.82, 2.24) is 14.7 Å². The minimum absolute atomic E-state index is 0. The van der Waals surface area contributed by atoms with Crippen LogP contribution in [0.5, 0.6) is 23.0 Å². The second-order valence-corrected chi connectivity index (χ2v) is 17.3. The number of pyridine rings is 3. The van der Waals surface area contributed by atoms with E-state index in [1.54, 1.807) is 105 Å². The molecule has 0 saturated heterocycles. The third kappa shape index (κ3) is 11.8. The number of H-pyrrole nitrogens is 1. The predicted octanol–water partition coefficient (Wildman–Crippen LogP) is 13.5. The average Bonchev–Trinajstić information content (AvgIpc) is 3.84. The summed E-state index contributed by atoms with van der Waals surface area (Å²) in [5.41, 5.74) is 10.9. The van der Waals surface area contributed by atoms with Crippen LogP contribution in [0.15, 0.2) is 221 Å². The van der Waals surface area contributed by atoms with Crippen molar-refractivity contribution in [1.29, 1.82) is 0 Å². The molecule has 0 spiro atoms. The normalized spacial score (nSPS) is 11.5. The molecule has 8 aromatic rings. The number of esters is 2. The molecule has 18 nitrogen and oxygen atoms in total. The van der Waals surface area contributed by atoms with Crippen molar-refractivity contribution in [2.45, 2.75) is 21.3 Å². The fraction of sp³-hybridized carbons (Fsp3) is 0.0806. The molecule has 0 unspecified atom stereocenters. The maximum Gasteiger partial charge on any atom is 0.338 e. The van der Waals surface area contributed by atoms with Gasteiger partial charge in [-0.25, -0.2) is 19.6 Å². The summed E-state index contributed by atoms with van der Waals surface area (Å²) < 4.78 is 29.5. The first-order chi connectivity index (χ1) is 38.6. The number of aromatic nitrogens is 4. The number of carbonyl (C=O) groups is 3. The monoisotopic (exact) mass is 1070 g/mol. The number of rotatable bonds is 8. The molecule has 0 bridgehead atoms. The molecular formula is C62H49N7O11. The zero-order valence-corrected chi connectivity index (χ0v) is 42.2. The van der Waals surface area contributed by atoms with E-state index in [4.69, 9.17) is 33.3 Å². The molecule has 0 atom stereocenters. The van der Waals surface area contributed by atoms with Gasteiger partial charge in [0.05, 0.1) is 64.9 Å². The van der Waals surface area contributed by atoms with E-state index in [0.29, 0.717) is 80.4 Å². The van der Waals surface area contributed by atoms with Crippen LogP contribution < -0.4 is 14.2 Å². The molecule has 12 rings (SSSR count). The van der Waals surface area contributed by atoms with Crippen LogP contribution in [0, 0.1) is 10.1 Å². The van der Waals surface area contributed by atoms with Crippen molar-refractivity contribution in [2.75, 3.05) is 13.2 Å². The van der Waals surface area contributed by atoms with Crippen LogP contribution in [0.3, 0.4) is 0 Å². The number of hydrogen-bond acceptors (Lipinski definition) is 14. The van der Waals surface area contributed by atoms with Gasteiger partial charge in [0.25, 0.3) is 0 Å². The van der Waals surface area contributed by atoms with Crippen molar-refractivity contribution >= 4 is 51.7 Å². The van der Waals surface area contributed by atoms with Gasteiger partial charge >= 0.3 is 17.8 Å². The van der Waals surface area contributed by atoms with E-state index in [-0.39, 0.29) is 24.9 Å². The first kappa shape index (κ1) is 53.8. The Balaban J connectivity index is 0.000000144. The molecule has 18 heteroatoms. The molecule has 0 radical (unpaired) electrons. The molecule has 2 aromatic heterocycles. The summed E-state index contributed by atoms with van der Waals surface area (Å²) in [4.78, 5) is 62.6. The second kappa shape index (κ2) is 24.3. The summed E-state index contributed by atoms with van der Waals surface area (Å²) in [5, 5.41) is 23.9. The maximum absolute atomic E-state index is 11.9. The predicted molar refractivity (Wildman–Crippen MR) is 300 cm³/mol. The highest BCUT2D eigenvalue weighted by atomic mass is 16.5. The van der Waals surface area contributed by atoms with E-state index in [9.17, 15) is 29.7 Å². The lowest BCUT2D eigenvalue weighted by molar-refractivity contribution is -0.605. The van der Waals surface area contributed by atoms with Gasteiger partial charge in [-0.15, -0.1) is 4.91 Å². The largest absolute Gasteiger partial charge is 0.619 e. The number of benzene rings is 6. The standard InChI is InChI=1S/C21H16N2O4.C21H16N2O3.C19H13N3O4.CH4/c1-2-26-21(24)15-9-7-14(8-10-15)20-16-11-12-23(25)13-19(16)27-18-6-4-3-5-17(18)22-20;1-2-25-21(24)15-9-7-14(8-10-15)20-16-11-12-22-13-19(16)26-18-6-4-3-5-17(18)23-20;23-19(21-24)13-7-5-12(6-8-13)18-14-9-10-22(25)11-17(14)26-16-4-2-1-3-15(16)20-18;/h3-13H,2H2,1H3;3-13H,2H2,1H3;1-11,20,25H;1H4. The number of amides is 1. The van der Waals surface area contributed by atoms with Gasteiger partial charge in [0.1, 0.15) is 11.4 Å². The van der Waals surface area contributed by atoms with Crippen LogP contribution in [-0.2, 0) is 9.47 Å². The first-order valence-corrected chi connectivity index (χ1v) is 24.6. The van der Waals surface area contributed by atoms with E-state index >= 15 is 0 Å². The Morgan fingerprint density at radius 2 is 1.18 bits per heavy atom. The van der Waals surface area contributed by atoms with Crippen molar-refractivity contribution in [3.8, 4) is 45.6 Å². The highest BCUT2D eigenvalue weighted by Crippen LogP contribution is 2.40. The van der Waals surface area contributed by atoms with Gasteiger partial charge in [-0.2, -0.15) is 9.46 Å². The quantitative estimate of drug-likeness (QED) is 0.0475. The van der Waals surface area contributed by atoms with Crippen molar-refractivity contribution in [3.63, 3.8) is 0 Å². The molecular weight excluding hydrogens is 1020 g/mol. The number of carbonyl (C=O) groups excluding carboxylic acids is 3. The first-order valence-electron chi connectivity index (χ1n) is 24.6. The van der Waals surface area contributed by atoms with Crippen molar-refractivity contribution in [3.05, 3.63) is 250 Å². The third-order valence-corrected chi connectivity index (χ3v) is 12.2. The molecule has 4 aliphatic rings. The lowest BCUT2D eigenvalue weighted by Gasteiger charge is -2.09. The van der Waals surface area contributed by atoms with E-state index in [1.165, 1.54) is 24.8 Å². The summed E-state index contributed by atoms with van der Waals surface area (Å²) in [6.07, 6.45) is 9.13. The summed E-state index contributed by atoms with van der Waals surface area (Å²) in [7, 11) is 0. The van der Waals surface area contributed by atoms with E-state index < -0.39 is 5.91 Å². The number of hydrogen-bond donors (Lipinski definition) is 2. The Hall–Kier alpha value is -11.0. The Bertz CT molecular complexity index is 3990. The van der Waals surface area contributed by atoms with Crippen LogP contribution in [0.1, 0.15) is 74.6 Å². The van der Waals surface area contributed by atoms with Crippen molar-refractivity contribution in [2.24, 2.45) is 15.2 Å². The highest BCUT2D eigenvalue weighted by molar-refractivity contribution is 6.17. The molecule has 6 aromatic carbocycles. The number of aliphatic imine (C=N–C) groups is 2. The molecule has 0 fully saturated rings. The van der Waals surface area contributed by atoms with E-state index in [0.717, 1.165) is 55.2 Å². The van der Waals surface area contributed by atoms with Gasteiger partial charge in [-0.1, -0.05) is 80.2 Å². The Morgan fingerprint density at radius 3 is 1.77 bits per heavy atom. The molecule has 0 aliphatic carbocycles. The lowest BCUT2D eigenvalue weighted by atomic mass is 10.0. The number of fused-ring (bicyclic) bond motifs is 6. The molecule has 398 valence electrons. The molecule has 4 aliphatic heterocycles. The van der Waals surface area contributed by atoms with E-state index in [1.807, 2.05) is 84.9 Å². The fourth-order valence-corrected chi connectivity index (χ4v) is 8.45. The number of nitroso groups, excluding NO2 is 1. The van der Waals surface area contributed by atoms with Gasteiger partial charge in [-0.05, 0) is 104 Å². The number of aromatic amines is 1. The molecule has 6 heterocycles. The Morgan fingerprint density at radius 1 is 0.637 bits per heavy atom. The number of nitrogens with zero attached hydrogens (tertiary/aromatic N) is 6. The maximum atomic E-state index is 11.9.